The molecule has 1 heterocycles. The van der Waals surface area contributed by atoms with Crippen molar-refractivity contribution in [2.75, 3.05) is 33.7 Å². The molecule has 1 saturated heterocycles. The molecule has 1 unspecified atom stereocenters. The fraction of sp³-hybridized carbons (Fsp3) is 0.542. The van der Waals surface area contributed by atoms with Crippen LogP contribution >= 0.6 is 0 Å². The van der Waals surface area contributed by atoms with Crippen molar-refractivity contribution in [3.8, 4) is 0 Å². The van der Waals surface area contributed by atoms with Crippen molar-refractivity contribution in [3.63, 3.8) is 0 Å². The minimum Gasteiger partial charge on any atom is -0.333 e. The molecule has 3 amide bonds. The zero-order valence-electron chi connectivity index (χ0n) is 19.7. The molecule has 1 atom stereocenters. The Morgan fingerprint density at radius 2 is 1.78 bits per heavy atom. The predicted molar refractivity (Wildman–Crippen MR) is 125 cm³/mol. The third-order valence-electron chi connectivity index (χ3n) is 5.46. The van der Waals surface area contributed by atoms with Crippen molar-refractivity contribution in [2.24, 2.45) is 5.73 Å². The number of hydrogen-bond acceptors (Lipinski definition) is 5. The zero-order chi connectivity index (χ0) is 23.7. The number of amides is 3. The monoisotopic (exact) mass is 443 g/mol. The highest BCUT2D eigenvalue weighted by molar-refractivity contribution is 5.93. The smallest absolute Gasteiger partial charge is 0.257 e. The van der Waals surface area contributed by atoms with E-state index < -0.39 is 11.6 Å². The van der Waals surface area contributed by atoms with Crippen LogP contribution < -0.4 is 11.2 Å². The molecular formula is C24H37N5O3. The van der Waals surface area contributed by atoms with E-state index in [-0.39, 0.29) is 24.3 Å². The molecule has 0 spiro atoms. The van der Waals surface area contributed by atoms with Gasteiger partial charge in [-0.1, -0.05) is 36.4 Å². The SMILES string of the molecule is CN(CC(=O)N(C)C(Cc1ccccc1)C(=O)NN1CCCC1)C(=O)/C=C/CC(C)(C)N. The van der Waals surface area contributed by atoms with E-state index in [1.54, 1.807) is 20.2 Å². The Bertz CT molecular complexity index is 798. The summed E-state index contributed by atoms with van der Waals surface area (Å²) in [6, 6.07) is 8.93. The van der Waals surface area contributed by atoms with Crippen molar-refractivity contribution >= 4 is 17.7 Å². The highest BCUT2D eigenvalue weighted by Gasteiger charge is 2.29. The van der Waals surface area contributed by atoms with Gasteiger partial charge in [0.25, 0.3) is 5.91 Å². The molecular weight excluding hydrogens is 406 g/mol. The standard InChI is InChI=1S/C24H37N5O3/c1-24(2,25)14-10-13-21(30)27(3)18-22(31)28(4)20(17-19-11-6-5-7-12-19)23(32)26-29-15-8-9-16-29/h5-7,10-13,20H,8-9,14-18,25H2,1-4H3,(H,26,32)/b13-10+. The highest BCUT2D eigenvalue weighted by Crippen LogP contribution is 2.11. The molecule has 0 radical (unpaired) electrons. The second-order valence-corrected chi connectivity index (χ2v) is 9.17. The number of nitrogens with one attached hydrogen (secondary N) is 1. The number of hydrazine groups is 1. The number of nitrogens with two attached hydrogens (primary N) is 1. The summed E-state index contributed by atoms with van der Waals surface area (Å²) in [7, 11) is 3.19. The van der Waals surface area contributed by atoms with Crippen LogP contribution in [0.25, 0.3) is 0 Å². The van der Waals surface area contributed by atoms with Crippen molar-refractivity contribution in [2.45, 2.75) is 51.1 Å². The fourth-order valence-corrected chi connectivity index (χ4v) is 3.46. The van der Waals surface area contributed by atoms with E-state index in [0.29, 0.717) is 12.8 Å². The van der Waals surface area contributed by atoms with Crippen LogP contribution in [0.5, 0.6) is 0 Å². The molecule has 3 N–H and O–H groups in total. The molecule has 2 rings (SSSR count). The van der Waals surface area contributed by atoms with Gasteiger partial charge in [0, 0.05) is 39.1 Å². The Morgan fingerprint density at radius 1 is 1.16 bits per heavy atom. The number of hydrogen-bond donors (Lipinski definition) is 2. The maximum absolute atomic E-state index is 13.1. The Hall–Kier alpha value is -2.71. The van der Waals surface area contributed by atoms with Crippen molar-refractivity contribution in [3.05, 3.63) is 48.0 Å². The van der Waals surface area contributed by atoms with Gasteiger partial charge in [-0.25, -0.2) is 5.01 Å². The van der Waals surface area contributed by atoms with Crippen LogP contribution in [0.1, 0.15) is 38.7 Å². The van der Waals surface area contributed by atoms with E-state index in [2.05, 4.69) is 5.43 Å². The molecule has 0 saturated carbocycles. The molecule has 1 fully saturated rings. The predicted octanol–water partition coefficient (Wildman–Crippen LogP) is 1.33. The molecule has 176 valence electrons. The lowest BCUT2D eigenvalue weighted by atomic mass is 10.0. The highest BCUT2D eigenvalue weighted by atomic mass is 16.2. The third-order valence-corrected chi connectivity index (χ3v) is 5.46. The van der Waals surface area contributed by atoms with Crippen LogP contribution in [-0.4, -0.2) is 77.8 Å². The van der Waals surface area contributed by atoms with Gasteiger partial charge in [-0.15, -0.1) is 0 Å². The van der Waals surface area contributed by atoms with Crippen molar-refractivity contribution in [1.82, 2.24) is 20.2 Å². The second kappa shape index (κ2) is 11.8. The first-order valence-corrected chi connectivity index (χ1v) is 11.1. The van der Waals surface area contributed by atoms with Crippen molar-refractivity contribution < 1.29 is 14.4 Å². The van der Waals surface area contributed by atoms with Gasteiger partial charge in [0.05, 0.1) is 6.54 Å². The first kappa shape index (κ1) is 25.5. The largest absolute Gasteiger partial charge is 0.333 e. The lowest BCUT2D eigenvalue weighted by molar-refractivity contribution is -0.143. The summed E-state index contributed by atoms with van der Waals surface area (Å²) in [5.74, 6) is -0.798. The molecule has 8 nitrogen and oxygen atoms in total. The number of likely N-dealkylation sites (N-methyl/N-ethyl adjacent to an activating group) is 2. The van der Waals surface area contributed by atoms with E-state index >= 15 is 0 Å². The van der Waals surface area contributed by atoms with Crippen LogP contribution in [0.2, 0.25) is 0 Å². The van der Waals surface area contributed by atoms with Crippen LogP contribution in [0, 0.1) is 0 Å². The first-order valence-electron chi connectivity index (χ1n) is 11.1. The van der Waals surface area contributed by atoms with Crippen LogP contribution in [0.3, 0.4) is 0 Å². The summed E-state index contributed by atoms with van der Waals surface area (Å²) in [6.07, 6.45) is 6.18. The summed E-state index contributed by atoms with van der Waals surface area (Å²) in [5, 5.41) is 1.90. The minimum absolute atomic E-state index is 0.117. The zero-order valence-corrected chi connectivity index (χ0v) is 19.7. The summed E-state index contributed by atoms with van der Waals surface area (Å²) >= 11 is 0. The number of carbonyl (C=O) groups is 3. The molecule has 0 bridgehead atoms. The molecule has 1 aromatic carbocycles. The molecule has 0 aromatic heterocycles. The number of carbonyl (C=O) groups excluding carboxylic acids is 3. The quantitative estimate of drug-likeness (QED) is 0.532. The Morgan fingerprint density at radius 3 is 2.38 bits per heavy atom. The van der Waals surface area contributed by atoms with E-state index in [9.17, 15) is 14.4 Å². The molecule has 1 aliphatic rings. The lowest BCUT2D eigenvalue weighted by Crippen LogP contribution is -2.54. The van der Waals surface area contributed by atoms with Gasteiger partial charge in [-0.3, -0.25) is 19.8 Å². The van der Waals surface area contributed by atoms with Gasteiger partial charge >= 0.3 is 0 Å². The summed E-state index contributed by atoms with van der Waals surface area (Å²) in [5.41, 5.74) is 9.43. The van der Waals surface area contributed by atoms with Crippen LogP contribution in [-0.2, 0) is 20.8 Å². The van der Waals surface area contributed by atoms with E-state index in [0.717, 1.165) is 31.5 Å². The lowest BCUT2D eigenvalue weighted by Gasteiger charge is -2.30. The van der Waals surface area contributed by atoms with Gasteiger partial charge in [0.1, 0.15) is 6.04 Å². The molecule has 0 aliphatic carbocycles. The average Bonchev–Trinajstić information content (AvgIpc) is 3.24. The summed E-state index contributed by atoms with van der Waals surface area (Å²) in [4.78, 5) is 41.1. The molecule has 1 aromatic rings. The number of benzene rings is 1. The van der Waals surface area contributed by atoms with Gasteiger partial charge in [0.15, 0.2) is 0 Å². The van der Waals surface area contributed by atoms with Gasteiger partial charge in [0.2, 0.25) is 11.8 Å². The average molecular weight is 444 g/mol. The number of nitrogens with zero attached hydrogens (tertiary/aromatic N) is 3. The summed E-state index contributed by atoms with van der Waals surface area (Å²) < 4.78 is 0. The van der Waals surface area contributed by atoms with Gasteiger partial charge in [-0.2, -0.15) is 0 Å². The normalized spacial score (nSPS) is 15.5. The topological polar surface area (TPSA) is 99.0 Å². The Kier molecular flexibility index (Phi) is 9.41. The maximum Gasteiger partial charge on any atom is 0.257 e. The van der Waals surface area contributed by atoms with Crippen LogP contribution in [0.4, 0.5) is 0 Å². The van der Waals surface area contributed by atoms with E-state index in [1.165, 1.54) is 15.9 Å². The van der Waals surface area contributed by atoms with Gasteiger partial charge < -0.3 is 15.5 Å². The molecule has 8 heteroatoms. The fourth-order valence-electron chi connectivity index (χ4n) is 3.46. The van der Waals surface area contributed by atoms with Crippen molar-refractivity contribution in [1.29, 1.82) is 0 Å². The molecule has 32 heavy (non-hydrogen) atoms. The third kappa shape index (κ3) is 8.43. The molecule has 1 aliphatic heterocycles. The second-order valence-electron chi connectivity index (χ2n) is 9.17. The summed E-state index contributed by atoms with van der Waals surface area (Å²) in [6.45, 7) is 5.26. The Labute approximate surface area is 191 Å². The Balaban J connectivity index is 2.04. The minimum atomic E-state index is -0.678. The maximum atomic E-state index is 13.1. The van der Waals surface area contributed by atoms with E-state index in [1.807, 2.05) is 49.2 Å². The van der Waals surface area contributed by atoms with Crippen LogP contribution in [0.15, 0.2) is 42.5 Å². The van der Waals surface area contributed by atoms with E-state index in [4.69, 9.17) is 5.73 Å². The first-order chi connectivity index (χ1) is 15.1. The number of rotatable bonds is 10. The van der Waals surface area contributed by atoms with Gasteiger partial charge in [-0.05, 0) is 44.7 Å².